The molecule has 2 N–H and O–H groups in total. The molecule has 20 heavy (non-hydrogen) atoms. The van der Waals surface area contributed by atoms with Gasteiger partial charge < -0.3 is 15.2 Å². The largest absolute Gasteiger partial charge is 0.496 e. The second-order valence-electron chi connectivity index (χ2n) is 4.29. The van der Waals surface area contributed by atoms with Crippen molar-refractivity contribution in [1.82, 2.24) is 0 Å². The number of hydrogen-bond donors (Lipinski definition) is 2. The van der Waals surface area contributed by atoms with Crippen LogP contribution in [0.1, 0.15) is 11.1 Å². The Hall–Kier alpha value is -1.42. The average Bonchev–Trinajstić information content (AvgIpc) is 2.48. The number of aliphatic hydroxyl groups excluding tert-OH is 1. The van der Waals surface area contributed by atoms with Gasteiger partial charge in [-0.2, -0.15) is 0 Å². The summed E-state index contributed by atoms with van der Waals surface area (Å²) in [5.74, 6) is 0.674. The molecule has 0 atom stereocenters. The molecule has 2 rings (SSSR count). The van der Waals surface area contributed by atoms with Crippen LogP contribution >= 0.6 is 23.2 Å². The standard InChI is InChI=1S/C15H15Cl2NO2/c1-20-15-5-3-12(7-11(15)9-19)18-8-10-2-4-13(16)14(17)6-10/h2-7,18-19H,8-9H2,1H3. The van der Waals surface area contributed by atoms with E-state index in [9.17, 15) is 5.11 Å². The number of aliphatic hydroxyl groups is 1. The molecule has 0 radical (unpaired) electrons. The van der Waals surface area contributed by atoms with E-state index in [1.807, 2.05) is 30.3 Å². The topological polar surface area (TPSA) is 41.5 Å². The summed E-state index contributed by atoms with van der Waals surface area (Å²) in [5, 5.41) is 13.6. The van der Waals surface area contributed by atoms with E-state index >= 15 is 0 Å². The molecule has 0 unspecified atom stereocenters. The van der Waals surface area contributed by atoms with E-state index in [-0.39, 0.29) is 6.61 Å². The number of benzene rings is 2. The van der Waals surface area contributed by atoms with Crippen molar-refractivity contribution >= 4 is 28.9 Å². The molecule has 2 aromatic rings. The molecule has 0 aliphatic heterocycles. The molecule has 3 nitrogen and oxygen atoms in total. The summed E-state index contributed by atoms with van der Waals surface area (Å²) in [5.41, 5.74) is 2.67. The fourth-order valence-electron chi connectivity index (χ4n) is 1.87. The van der Waals surface area contributed by atoms with Crippen LogP contribution in [0.15, 0.2) is 36.4 Å². The molecule has 0 aromatic heterocycles. The Morgan fingerprint density at radius 2 is 1.90 bits per heavy atom. The Bertz CT molecular complexity index is 602. The number of methoxy groups -OCH3 is 1. The first-order valence-electron chi connectivity index (χ1n) is 6.09. The van der Waals surface area contributed by atoms with Gasteiger partial charge in [-0.25, -0.2) is 0 Å². The number of nitrogens with one attached hydrogen (secondary N) is 1. The van der Waals surface area contributed by atoms with Crippen molar-refractivity contribution in [2.24, 2.45) is 0 Å². The lowest BCUT2D eigenvalue weighted by atomic mass is 10.1. The summed E-state index contributed by atoms with van der Waals surface area (Å²) in [6.45, 7) is 0.555. The van der Waals surface area contributed by atoms with E-state index in [1.54, 1.807) is 13.2 Å². The van der Waals surface area contributed by atoms with E-state index < -0.39 is 0 Å². The first kappa shape index (κ1) is 15.0. The van der Waals surface area contributed by atoms with Crippen LogP contribution in [0.25, 0.3) is 0 Å². The van der Waals surface area contributed by atoms with Crippen LogP contribution < -0.4 is 10.1 Å². The highest BCUT2D eigenvalue weighted by molar-refractivity contribution is 6.42. The lowest BCUT2D eigenvalue weighted by Crippen LogP contribution is -2.01. The van der Waals surface area contributed by atoms with Crippen LogP contribution in [0.5, 0.6) is 5.75 Å². The van der Waals surface area contributed by atoms with Gasteiger partial charge in [0.1, 0.15) is 5.75 Å². The maximum Gasteiger partial charge on any atom is 0.124 e. The summed E-state index contributed by atoms with van der Waals surface area (Å²) < 4.78 is 5.16. The van der Waals surface area contributed by atoms with Crippen LogP contribution in [-0.2, 0) is 13.2 Å². The number of anilines is 1. The van der Waals surface area contributed by atoms with Gasteiger partial charge in [0.15, 0.2) is 0 Å². The molecule has 0 amide bonds. The molecule has 0 aliphatic carbocycles. The summed E-state index contributed by atoms with van der Waals surface area (Å²) in [4.78, 5) is 0. The van der Waals surface area contributed by atoms with Gasteiger partial charge >= 0.3 is 0 Å². The van der Waals surface area contributed by atoms with Gasteiger partial charge in [0.2, 0.25) is 0 Å². The first-order chi connectivity index (χ1) is 9.63. The maximum atomic E-state index is 9.29. The Morgan fingerprint density at radius 3 is 2.55 bits per heavy atom. The van der Waals surface area contributed by atoms with Crippen LogP contribution in [0.3, 0.4) is 0 Å². The molecule has 0 heterocycles. The predicted octanol–water partition coefficient (Wildman–Crippen LogP) is 4.11. The van der Waals surface area contributed by atoms with E-state index in [4.69, 9.17) is 27.9 Å². The molecule has 106 valence electrons. The van der Waals surface area contributed by atoms with E-state index in [0.29, 0.717) is 22.3 Å². The quantitative estimate of drug-likeness (QED) is 0.873. The lowest BCUT2D eigenvalue weighted by Gasteiger charge is -2.11. The minimum atomic E-state index is -0.0640. The van der Waals surface area contributed by atoms with E-state index in [1.165, 1.54) is 0 Å². The fourth-order valence-corrected chi connectivity index (χ4v) is 2.19. The smallest absolute Gasteiger partial charge is 0.124 e. The van der Waals surface area contributed by atoms with Crippen LogP contribution in [0.2, 0.25) is 10.0 Å². The summed E-state index contributed by atoms with van der Waals surface area (Å²) in [7, 11) is 1.58. The van der Waals surface area contributed by atoms with Crippen LogP contribution in [0.4, 0.5) is 5.69 Å². The van der Waals surface area contributed by atoms with Gasteiger partial charge in [0.05, 0.1) is 23.8 Å². The third-order valence-electron chi connectivity index (χ3n) is 2.93. The third kappa shape index (κ3) is 3.57. The third-order valence-corrected chi connectivity index (χ3v) is 3.67. The van der Waals surface area contributed by atoms with Crippen molar-refractivity contribution in [3.63, 3.8) is 0 Å². The van der Waals surface area contributed by atoms with E-state index in [0.717, 1.165) is 16.8 Å². The first-order valence-corrected chi connectivity index (χ1v) is 6.85. The molecule has 5 heteroatoms. The molecular formula is C15H15Cl2NO2. The molecule has 0 saturated carbocycles. The van der Waals surface area contributed by atoms with Gasteiger partial charge in [-0.05, 0) is 35.9 Å². The fraction of sp³-hybridized carbons (Fsp3) is 0.200. The Morgan fingerprint density at radius 1 is 1.10 bits per heavy atom. The SMILES string of the molecule is COc1ccc(NCc2ccc(Cl)c(Cl)c2)cc1CO. The van der Waals surface area contributed by atoms with Gasteiger partial charge in [-0.3, -0.25) is 0 Å². The van der Waals surface area contributed by atoms with Gasteiger partial charge in [-0.15, -0.1) is 0 Å². The highest BCUT2D eigenvalue weighted by Crippen LogP contribution is 2.25. The van der Waals surface area contributed by atoms with Crippen molar-refractivity contribution in [3.8, 4) is 5.75 Å². The molecule has 0 spiro atoms. The minimum absolute atomic E-state index is 0.0640. The zero-order valence-corrected chi connectivity index (χ0v) is 12.5. The minimum Gasteiger partial charge on any atom is -0.496 e. The molecule has 0 fully saturated rings. The zero-order valence-electron chi connectivity index (χ0n) is 11.0. The summed E-state index contributed by atoms with van der Waals surface area (Å²) >= 11 is 11.9. The highest BCUT2D eigenvalue weighted by atomic mass is 35.5. The lowest BCUT2D eigenvalue weighted by molar-refractivity contribution is 0.274. The van der Waals surface area contributed by atoms with Crippen molar-refractivity contribution in [1.29, 1.82) is 0 Å². The second kappa shape index (κ2) is 6.84. The number of rotatable bonds is 5. The summed E-state index contributed by atoms with van der Waals surface area (Å²) in [6, 6.07) is 11.1. The second-order valence-corrected chi connectivity index (χ2v) is 5.10. The van der Waals surface area contributed by atoms with Crippen molar-refractivity contribution in [2.45, 2.75) is 13.2 Å². The van der Waals surface area contributed by atoms with Crippen molar-refractivity contribution in [3.05, 3.63) is 57.6 Å². The van der Waals surface area contributed by atoms with E-state index in [2.05, 4.69) is 5.32 Å². The predicted molar refractivity (Wildman–Crippen MR) is 82.7 cm³/mol. The molecule has 0 saturated heterocycles. The number of hydrogen-bond acceptors (Lipinski definition) is 3. The van der Waals surface area contributed by atoms with Gasteiger partial charge in [0.25, 0.3) is 0 Å². The van der Waals surface area contributed by atoms with Crippen molar-refractivity contribution < 1.29 is 9.84 Å². The highest BCUT2D eigenvalue weighted by Gasteiger charge is 2.04. The van der Waals surface area contributed by atoms with Crippen molar-refractivity contribution in [2.75, 3.05) is 12.4 Å². The Labute approximate surface area is 128 Å². The number of ether oxygens (including phenoxy) is 1. The Kier molecular flexibility index (Phi) is 5.12. The number of halogens is 2. The zero-order chi connectivity index (χ0) is 14.5. The molecular weight excluding hydrogens is 297 g/mol. The van der Waals surface area contributed by atoms with Crippen LogP contribution in [-0.4, -0.2) is 12.2 Å². The van der Waals surface area contributed by atoms with Gasteiger partial charge in [0, 0.05) is 17.8 Å². The molecule has 0 aliphatic rings. The van der Waals surface area contributed by atoms with Gasteiger partial charge in [-0.1, -0.05) is 29.3 Å². The normalized spacial score (nSPS) is 10.4. The Balaban J connectivity index is 2.08. The maximum absolute atomic E-state index is 9.29. The van der Waals surface area contributed by atoms with Crippen LogP contribution in [0, 0.1) is 0 Å². The summed E-state index contributed by atoms with van der Waals surface area (Å²) in [6.07, 6.45) is 0. The molecule has 0 bridgehead atoms. The molecule has 2 aromatic carbocycles. The average molecular weight is 312 g/mol. The monoisotopic (exact) mass is 311 g/mol.